The molecule has 2 unspecified atom stereocenters. The highest BCUT2D eigenvalue weighted by atomic mass is 16.2. The van der Waals surface area contributed by atoms with Gasteiger partial charge in [-0.05, 0) is 37.6 Å². The molecule has 0 aromatic rings. The molecule has 1 heterocycles. The standard InChI is InChI=1S/C14H26N2O/c1-4-6-14(7-5-8-15-10-14)12(17)16-11-9-13(11,2)3/h11,15H,4-10H2,1-3H3,(H,16,17). The zero-order valence-electron chi connectivity index (χ0n) is 11.4. The average Bonchev–Trinajstić information content (AvgIpc) is 2.87. The van der Waals surface area contributed by atoms with E-state index in [1.807, 2.05) is 0 Å². The van der Waals surface area contributed by atoms with Gasteiger partial charge in [-0.15, -0.1) is 0 Å². The lowest BCUT2D eigenvalue weighted by Gasteiger charge is -2.36. The van der Waals surface area contributed by atoms with Crippen LogP contribution in [0.2, 0.25) is 0 Å². The van der Waals surface area contributed by atoms with E-state index in [-0.39, 0.29) is 5.41 Å². The van der Waals surface area contributed by atoms with Crippen LogP contribution in [0.5, 0.6) is 0 Å². The lowest BCUT2D eigenvalue weighted by atomic mass is 9.76. The Kier molecular flexibility index (Phi) is 3.48. The van der Waals surface area contributed by atoms with Gasteiger partial charge in [0.05, 0.1) is 5.41 Å². The molecule has 1 saturated heterocycles. The fourth-order valence-corrected chi connectivity index (χ4v) is 2.99. The molecular weight excluding hydrogens is 212 g/mol. The molecule has 1 saturated carbocycles. The molecule has 1 aliphatic heterocycles. The van der Waals surface area contributed by atoms with Gasteiger partial charge < -0.3 is 10.6 Å². The summed E-state index contributed by atoms with van der Waals surface area (Å²) >= 11 is 0. The van der Waals surface area contributed by atoms with Crippen LogP contribution in [0.25, 0.3) is 0 Å². The molecule has 2 fully saturated rings. The van der Waals surface area contributed by atoms with E-state index >= 15 is 0 Å². The van der Waals surface area contributed by atoms with E-state index in [4.69, 9.17) is 0 Å². The van der Waals surface area contributed by atoms with Crippen molar-refractivity contribution in [3.8, 4) is 0 Å². The zero-order valence-corrected chi connectivity index (χ0v) is 11.4. The van der Waals surface area contributed by atoms with Crippen LogP contribution < -0.4 is 10.6 Å². The Morgan fingerprint density at radius 2 is 2.18 bits per heavy atom. The Morgan fingerprint density at radius 1 is 1.47 bits per heavy atom. The Morgan fingerprint density at radius 3 is 2.65 bits per heavy atom. The maximum atomic E-state index is 12.5. The second kappa shape index (κ2) is 4.60. The number of hydrogen-bond donors (Lipinski definition) is 2. The minimum Gasteiger partial charge on any atom is -0.352 e. The molecular formula is C14H26N2O. The SMILES string of the molecule is CCCC1(C(=O)NC2CC2(C)C)CCCNC1. The van der Waals surface area contributed by atoms with Gasteiger partial charge in [0, 0.05) is 12.6 Å². The molecule has 0 radical (unpaired) electrons. The van der Waals surface area contributed by atoms with E-state index in [1.165, 1.54) is 0 Å². The molecule has 3 heteroatoms. The molecule has 98 valence electrons. The summed E-state index contributed by atoms with van der Waals surface area (Å²) in [6.45, 7) is 8.55. The van der Waals surface area contributed by atoms with Crippen molar-refractivity contribution in [2.75, 3.05) is 13.1 Å². The van der Waals surface area contributed by atoms with Crippen LogP contribution in [-0.4, -0.2) is 25.0 Å². The number of carbonyl (C=O) groups excluding carboxylic acids is 1. The van der Waals surface area contributed by atoms with E-state index < -0.39 is 0 Å². The molecule has 0 aromatic heterocycles. The maximum Gasteiger partial charge on any atom is 0.227 e. The Bertz CT molecular complexity index is 287. The predicted molar refractivity (Wildman–Crippen MR) is 69.8 cm³/mol. The van der Waals surface area contributed by atoms with Gasteiger partial charge in [0.15, 0.2) is 0 Å². The molecule has 2 aliphatic rings. The average molecular weight is 238 g/mol. The number of piperidine rings is 1. The van der Waals surface area contributed by atoms with Crippen molar-refractivity contribution < 1.29 is 4.79 Å². The molecule has 0 aromatic carbocycles. The van der Waals surface area contributed by atoms with Gasteiger partial charge in [-0.2, -0.15) is 0 Å². The van der Waals surface area contributed by atoms with Crippen LogP contribution in [0, 0.1) is 10.8 Å². The van der Waals surface area contributed by atoms with Crippen LogP contribution in [0.1, 0.15) is 52.9 Å². The van der Waals surface area contributed by atoms with E-state index in [2.05, 4.69) is 31.4 Å². The first-order valence-electron chi connectivity index (χ1n) is 7.02. The van der Waals surface area contributed by atoms with Gasteiger partial charge in [0.2, 0.25) is 5.91 Å². The number of nitrogens with one attached hydrogen (secondary N) is 2. The summed E-state index contributed by atoms with van der Waals surface area (Å²) in [7, 11) is 0. The minimum absolute atomic E-state index is 0.133. The quantitative estimate of drug-likeness (QED) is 0.787. The van der Waals surface area contributed by atoms with Gasteiger partial charge >= 0.3 is 0 Å². The van der Waals surface area contributed by atoms with Crippen LogP contribution in [0.4, 0.5) is 0 Å². The Labute approximate surface area is 105 Å². The predicted octanol–water partition coefficient (Wildman–Crippen LogP) is 2.07. The number of hydrogen-bond acceptors (Lipinski definition) is 2. The van der Waals surface area contributed by atoms with Gasteiger partial charge in [-0.25, -0.2) is 0 Å². The summed E-state index contributed by atoms with van der Waals surface area (Å²) in [4.78, 5) is 12.5. The van der Waals surface area contributed by atoms with Crippen molar-refractivity contribution in [3.63, 3.8) is 0 Å². The molecule has 1 amide bonds. The minimum atomic E-state index is -0.133. The smallest absolute Gasteiger partial charge is 0.227 e. The first-order valence-corrected chi connectivity index (χ1v) is 7.02. The molecule has 0 spiro atoms. The number of amides is 1. The Hall–Kier alpha value is -0.570. The third-order valence-electron chi connectivity index (χ3n) is 4.50. The normalized spacial score (nSPS) is 35.4. The third kappa shape index (κ3) is 2.65. The largest absolute Gasteiger partial charge is 0.352 e. The van der Waals surface area contributed by atoms with E-state index in [0.717, 1.165) is 45.2 Å². The first kappa shape index (κ1) is 12.9. The number of rotatable bonds is 4. The Balaban J connectivity index is 1.97. The van der Waals surface area contributed by atoms with Crippen molar-refractivity contribution in [2.24, 2.45) is 10.8 Å². The second-order valence-corrected chi connectivity index (χ2v) is 6.53. The van der Waals surface area contributed by atoms with Crippen molar-refractivity contribution >= 4 is 5.91 Å². The molecule has 0 bridgehead atoms. The van der Waals surface area contributed by atoms with Crippen molar-refractivity contribution in [1.29, 1.82) is 0 Å². The van der Waals surface area contributed by atoms with Gasteiger partial charge in [-0.3, -0.25) is 4.79 Å². The van der Waals surface area contributed by atoms with Crippen LogP contribution in [0.15, 0.2) is 0 Å². The second-order valence-electron chi connectivity index (χ2n) is 6.53. The highest BCUT2D eigenvalue weighted by Crippen LogP contribution is 2.45. The molecule has 17 heavy (non-hydrogen) atoms. The molecule has 2 atom stereocenters. The topological polar surface area (TPSA) is 41.1 Å². The fraction of sp³-hybridized carbons (Fsp3) is 0.929. The van der Waals surface area contributed by atoms with Crippen LogP contribution in [-0.2, 0) is 4.79 Å². The highest BCUT2D eigenvalue weighted by molar-refractivity contribution is 5.83. The van der Waals surface area contributed by atoms with Crippen LogP contribution >= 0.6 is 0 Å². The summed E-state index contributed by atoms with van der Waals surface area (Å²) in [6, 6.07) is 0.408. The monoisotopic (exact) mass is 238 g/mol. The fourth-order valence-electron chi connectivity index (χ4n) is 2.99. The summed E-state index contributed by atoms with van der Waals surface area (Å²) in [5.74, 6) is 0.294. The van der Waals surface area contributed by atoms with Crippen molar-refractivity contribution in [2.45, 2.75) is 58.9 Å². The molecule has 3 nitrogen and oxygen atoms in total. The summed E-state index contributed by atoms with van der Waals surface area (Å²) in [6.07, 6.45) is 5.41. The van der Waals surface area contributed by atoms with E-state index in [1.54, 1.807) is 0 Å². The van der Waals surface area contributed by atoms with Crippen molar-refractivity contribution in [3.05, 3.63) is 0 Å². The molecule has 1 aliphatic carbocycles. The van der Waals surface area contributed by atoms with E-state index in [0.29, 0.717) is 17.4 Å². The third-order valence-corrected chi connectivity index (χ3v) is 4.50. The lowest BCUT2D eigenvalue weighted by Crippen LogP contribution is -2.51. The van der Waals surface area contributed by atoms with Crippen molar-refractivity contribution in [1.82, 2.24) is 10.6 Å². The van der Waals surface area contributed by atoms with Gasteiger partial charge in [0.25, 0.3) is 0 Å². The highest BCUT2D eigenvalue weighted by Gasteiger charge is 2.49. The molecule has 2 N–H and O–H groups in total. The first-order chi connectivity index (χ1) is 8.00. The van der Waals surface area contributed by atoms with Crippen LogP contribution in [0.3, 0.4) is 0 Å². The summed E-state index contributed by atoms with van der Waals surface area (Å²) in [5.41, 5.74) is 0.191. The zero-order chi connectivity index (χ0) is 12.5. The summed E-state index contributed by atoms with van der Waals surface area (Å²) < 4.78 is 0. The van der Waals surface area contributed by atoms with Gasteiger partial charge in [-0.1, -0.05) is 27.2 Å². The lowest BCUT2D eigenvalue weighted by molar-refractivity contribution is -0.133. The molecule has 2 rings (SSSR count). The maximum absolute atomic E-state index is 12.5. The number of carbonyl (C=O) groups is 1. The summed E-state index contributed by atoms with van der Waals surface area (Å²) in [5, 5.41) is 6.66. The van der Waals surface area contributed by atoms with E-state index in [9.17, 15) is 4.79 Å². The van der Waals surface area contributed by atoms with Gasteiger partial charge in [0.1, 0.15) is 0 Å².